The Labute approximate surface area is 147 Å². The molecule has 0 aromatic heterocycles. The first kappa shape index (κ1) is 18.2. The van der Waals surface area contributed by atoms with Gasteiger partial charge in [0.1, 0.15) is 13.2 Å². The second-order valence-corrected chi connectivity index (χ2v) is 6.67. The van der Waals surface area contributed by atoms with Crippen molar-refractivity contribution in [2.45, 2.75) is 30.2 Å². The number of rotatable bonds is 6. The second kappa shape index (κ2) is 9.25. The molecule has 2 aliphatic heterocycles. The molecule has 0 aliphatic carbocycles. The number of nitrogens with one attached hydrogen (secondary N) is 2. The highest BCUT2D eigenvalue weighted by atomic mass is 35.5. The molecule has 0 spiro atoms. The average molecular weight is 359 g/mol. The number of halogens is 1. The molecule has 2 heterocycles. The zero-order chi connectivity index (χ0) is 15.2. The first-order valence-electron chi connectivity index (χ1n) is 7.84. The Bertz CT molecular complexity index is 524. The molecule has 1 aromatic rings. The maximum atomic E-state index is 11.8. The van der Waals surface area contributed by atoms with Crippen LogP contribution >= 0.6 is 24.2 Å². The number of hydrogen-bond acceptors (Lipinski definition) is 5. The predicted molar refractivity (Wildman–Crippen MR) is 94.1 cm³/mol. The Morgan fingerprint density at radius 2 is 2.13 bits per heavy atom. The van der Waals surface area contributed by atoms with Crippen LogP contribution in [0.25, 0.3) is 0 Å². The van der Waals surface area contributed by atoms with E-state index in [1.807, 2.05) is 18.2 Å². The van der Waals surface area contributed by atoms with E-state index in [9.17, 15) is 4.79 Å². The third-order valence-corrected chi connectivity index (χ3v) is 4.82. The van der Waals surface area contributed by atoms with Gasteiger partial charge in [0.15, 0.2) is 11.5 Å². The Hall–Kier alpha value is -1.11. The molecule has 1 saturated heterocycles. The summed E-state index contributed by atoms with van der Waals surface area (Å²) in [5.74, 6) is 2.49. The smallest absolute Gasteiger partial charge is 0.220 e. The van der Waals surface area contributed by atoms with Crippen LogP contribution in [0.5, 0.6) is 11.5 Å². The van der Waals surface area contributed by atoms with Gasteiger partial charge in [0.25, 0.3) is 0 Å². The maximum absolute atomic E-state index is 11.8. The molecular formula is C16H23ClN2O3S. The lowest BCUT2D eigenvalue weighted by Crippen LogP contribution is -2.37. The van der Waals surface area contributed by atoms with Gasteiger partial charge in [-0.25, -0.2) is 0 Å². The van der Waals surface area contributed by atoms with E-state index in [4.69, 9.17) is 9.47 Å². The summed E-state index contributed by atoms with van der Waals surface area (Å²) in [4.78, 5) is 12.9. The van der Waals surface area contributed by atoms with Crippen molar-refractivity contribution in [3.8, 4) is 11.5 Å². The first-order valence-corrected chi connectivity index (χ1v) is 8.82. The molecule has 1 fully saturated rings. The van der Waals surface area contributed by atoms with Crippen LogP contribution in [0.2, 0.25) is 0 Å². The highest BCUT2D eigenvalue weighted by molar-refractivity contribution is 7.99. The predicted octanol–water partition coefficient (Wildman–Crippen LogP) is 2.23. The van der Waals surface area contributed by atoms with Gasteiger partial charge in [-0.1, -0.05) is 0 Å². The van der Waals surface area contributed by atoms with E-state index in [2.05, 4.69) is 10.6 Å². The molecule has 2 aliphatic rings. The molecule has 5 nitrogen and oxygen atoms in total. The van der Waals surface area contributed by atoms with Gasteiger partial charge in [0.2, 0.25) is 5.91 Å². The SMILES string of the molecule is Cl.O=C(CCSc1ccc2c(c1)OCCO2)NCC1CCCN1. The molecule has 1 unspecified atom stereocenters. The lowest BCUT2D eigenvalue weighted by atomic mass is 10.2. The summed E-state index contributed by atoms with van der Waals surface area (Å²) >= 11 is 1.67. The third-order valence-electron chi connectivity index (χ3n) is 3.82. The fourth-order valence-electron chi connectivity index (χ4n) is 2.63. The highest BCUT2D eigenvalue weighted by Gasteiger charge is 2.15. The number of amides is 1. The van der Waals surface area contributed by atoms with Crippen molar-refractivity contribution >= 4 is 30.1 Å². The van der Waals surface area contributed by atoms with Crippen molar-refractivity contribution in [3.05, 3.63) is 18.2 Å². The van der Waals surface area contributed by atoms with Crippen LogP contribution < -0.4 is 20.1 Å². The lowest BCUT2D eigenvalue weighted by molar-refractivity contribution is -0.120. The van der Waals surface area contributed by atoms with E-state index in [0.29, 0.717) is 25.7 Å². The molecule has 2 N–H and O–H groups in total. The topological polar surface area (TPSA) is 59.6 Å². The Morgan fingerprint density at radius 1 is 1.30 bits per heavy atom. The van der Waals surface area contributed by atoms with Crippen molar-refractivity contribution in [1.29, 1.82) is 0 Å². The van der Waals surface area contributed by atoms with Crippen LogP contribution in [-0.4, -0.2) is 44.0 Å². The summed E-state index contributed by atoms with van der Waals surface area (Å²) in [6.45, 7) is 3.02. The monoisotopic (exact) mass is 358 g/mol. The average Bonchev–Trinajstić information content (AvgIpc) is 3.06. The van der Waals surface area contributed by atoms with Crippen molar-refractivity contribution in [3.63, 3.8) is 0 Å². The fourth-order valence-corrected chi connectivity index (χ4v) is 3.51. The fraction of sp³-hybridized carbons (Fsp3) is 0.562. The number of fused-ring (bicyclic) bond motifs is 1. The van der Waals surface area contributed by atoms with Gasteiger partial charge in [-0.15, -0.1) is 24.2 Å². The van der Waals surface area contributed by atoms with Crippen LogP contribution in [-0.2, 0) is 4.79 Å². The van der Waals surface area contributed by atoms with Gasteiger partial charge in [-0.3, -0.25) is 4.79 Å². The molecular weight excluding hydrogens is 336 g/mol. The second-order valence-electron chi connectivity index (χ2n) is 5.50. The summed E-state index contributed by atoms with van der Waals surface area (Å²) in [6.07, 6.45) is 2.90. The molecule has 3 rings (SSSR count). The number of thioether (sulfide) groups is 1. The molecule has 0 bridgehead atoms. The summed E-state index contributed by atoms with van der Waals surface area (Å²) < 4.78 is 11.1. The standard InChI is InChI=1S/C16H22N2O3S.ClH/c19-16(18-11-12-2-1-6-17-12)5-9-22-13-3-4-14-15(10-13)21-8-7-20-14;/h3-4,10,12,17H,1-2,5-9,11H2,(H,18,19);1H. The van der Waals surface area contributed by atoms with Gasteiger partial charge in [0, 0.05) is 29.7 Å². The highest BCUT2D eigenvalue weighted by Crippen LogP contribution is 2.34. The Kier molecular flexibility index (Phi) is 7.33. The first-order chi connectivity index (χ1) is 10.8. The van der Waals surface area contributed by atoms with Crippen LogP contribution in [0.15, 0.2) is 23.1 Å². The number of hydrogen-bond donors (Lipinski definition) is 2. The van der Waals surface area contributed by atoms with Gasteiger partial charge >= 0.3 is 0 Å². The summed E-state index contributed by atoms with van der Waals surface area (Å²) in [7, 11) is 0. The van der Waals surface area contributed by atoms with Crippen molar-refractivity contribution in [2.75, 3.05) is 32.1 Å². The molecule has 23 heavy (non-hydrogen) atoms. The van der Waals surface area contributed by atoms with E-state index in [1.165, 1.54) is 6.42 Å². The number of benzene rings is 1. The Balaban J connectivity index is 0.00000192. The van der Waals surface area contributed by atoms with Gasteiger partial charge in [-0.2, -0.15) is 0 Å². The van der Waals surface area contributed by atoms with E-state index in [0.717, 1.165) is 41.7 Å². The van der Waals surface area contributed by atoms with Crippen LogP contribution in [0.3, 0.4) is 0 Å². The van der Waals surface area contributed by atoms with Gasteiger partial charge in [-0.05, 0) is 37.6 Å². The van der Waals surface area contributed by atoms with E-state index in [1.54, 1.807) is 11.8 Å². The summed E-state index contributed by atoms with van der Waals surface area (Å²) in [6, 6.07) is 6.38. The number of ether oxygens (including phenoxy) is 2. The number of carbonyl (C=O) groups excluding carboxylic acids is 1. The number of carbonyl (C=O) groups is 1. The maximum Gasteiger partial charge on any atom is 0.220 e. The quantitative estimate of drug-likeness (QED) is 0.764. The van der Waals surface area contributed by atoms with E-state index < -0.39 is 0 Å². The molecule has 1 amide bonds. The third kappa shape index (κ3) is 5.48. The van der Waals surface area contributed by atoms with Crippen LogP contribution in [0.4, 0.5) is 0 Å². The molecule has 1 aromatic carbocycles. The molecule has 128 valence electrons. The van der Waals surface area contributed by atoms with E-state index in [-0.39, 0.29) is 18.3 Å². The minimum Gasteiger partial charge on any atom is -0.486 e. The van der Waals surface area contributed by atoms with Gasteiger partial charge < -0.3 is 20.1 Å². The summed E-state index contributed by atoms with van der Waals surface area (Å²) in [5.41, 5.74) is 0. The normalized spacial score (nSPS) is 19.0. The zero-order valence-electron chi connectivity index (χ0n) is 13.0. The van der Waals surface area contributed by atoms with E-state index >= 15 is 0 Å². The minimum absolute atomic E-state index is 0. The summed E-state index contributed by atoms with van der Waals surface area (Å²) in [5, 5.41) is 6.38. The van der Waals surface area contributed by atoms with Crippen molar-refractivity contribution in [2.24, 2.45) is 0 Å². The molecule has 0 saturated carbocycles. The minimum atomic E-state index is 0. The molecule has 0 radical (unpaired) electrons. The largest absolute Gasteiger partial charge is 0.486 e. The zero-order valence-corrected chi connectivity index (χ0v) is 14.6. The lowest BCUT2D eigenvalue weighted by Gasteiger charge is -2.18. The molecule has 7 heteroatoms. The Morgan fingerprint density at radius 3 is 2.91 bits per heavy atom. The van der Waals surface area contributed by atoms with Crippen LogP contribution in [0, 0.1) is 0 Å². The molecule has 1 atom stereocenters. The van der Waals surface area contributed by atoms with Crippen molar-refractivity contribution < 1.29 is 14.3 Å². The van der Waals surface area contributed by atoms with Crippen molar-refractivity contribution in [1.82, 2.24) is 10.6 Å². The van der Waals surface area contributed by atoms with Gasteiger partial charge in [0.05, 0.1) is 0 Å². The van der Waals surface area contributed by atoms with Crippen LogP contribution in [0.1, 0.15) is 19.3 Å².